The lowest BCUT2D eigenvalue weighted by Gasteiger charge is -2.37. The Morgan fingerprint density at radius 1 is 1.03 bits per heavy atom. The first-order valence-corrected chi connectivity index (χ1v) is 11.4. The van der Waals surface area contributed by atoms with Crippen molar-refractivity contribution < 1.29 is 13.2 Å². The van der Waals surface area contributed by atoms with Crippen LogP contribution in [-0.4, -0.2) is 51.9 Å². The summed E-state index contributed by atoms with van der Waals surface area (Å²) in [5, 5.41) is 8.39. The fourth-order valence-corrected chi connectivity index (χ4v) is 4.34. The van der Waals surface area contributed by atoms with Crippen molar-refractivity contribution in [3.8, 4) is 0 Å². The highest BCUT2D eigenvalue weighted by molar-refractivity contribution is 5.92. The molecule has 1 N–H and O–H groups in total. The van der Waals surface area contributed by atoms with Crippen LogP contribution < -0.4 is 15.8 Å². The van der Waals surface area contributed by atoms with E-state index in [1.165, 1.54) is 30.1 Å². The van der Waals surface area contributed by atoms with E-state index in [1.807, 2.05) is 6.07 Å². The van der Waals surface area contributed by atoms with Crippen LogP contribution in [0.3, 0.4) is 0 Å². The normalized spacial score (nSPS) is 16.0. The summed E-state index contributed by atoms with van der Waals surface area (Å²) in [6, 6.07) is 5.56. The Hall–Kier alpha value is -3.14. The van der Waals surface area contributed by atoms with E-state index in [-0.39, 0.29) is 11.1 Å². The van der Waals surface area contributed by atoms with Crippen molar-refractivity contribution in [2.45, 2.75) is 39.3 Å². The van der Waals surface area contributed by atoms with E-state index in [0.717, 1.165) is 38.1 Å². The monoisotopic (exact) mass is 474 g/mol. The average molecular weight is 475 g/mol. The van der Waals surface area contributed by atoms with E-state index in [0.29, 0.717) is 22.6 Å². The van der Waals surface area contributed by atoms with Crippen molar-refractivity contribution in [1.29, 1.82) is 0 Å². The van der Waals surface area contributed by atoms with E-state index < -0.39 is 23.8 Å². The molecule has 0 amide bonds. The van der Waals surface area contributed by atoms with Gasteiger partial charge < -0.3 is 10.2 Å². The highest BCUT2D eigenvalue weighted by Gasteiger charge is 2.23. The highest BCUT2D eigenvalue weighted by atomic mass is 19.3. The van der Waals surface area contributed by atoms with Gasteiger partial charge in [0.1, 0.15) is 11.6 Å². The van der Waals surface area contributed by atoms with Gasteiger partial charge in [-0.25, -0.2) is 22.8 Å². The zero-order chi connectivity index (χ0) is 24.6. The van der Waals surface area contributed by atoms with Gasteiger partial charge in [-0.1, -0.05) is 18.2 Å². The molecule has 0 radical (unpaired) electrons. The Morgan fingerprint density at radius 3 is 2.35 bits per heavy atom. The van der Waals surface area contributed by atoms with Gasteiger partial charge in [0.2, 0.25) is 0 Å². The lowest BCUT2D eigenvalue weighted by Crippen LogP contribution is -2.49. The number of benzene rings is 1. The molecule has 1 saturated heterocycles. The Balaban J connectivity index is 1.69. The molecule has 1 aliphatic rings. The molecule has 0 spiro atoms. The van der Waals surface area contributed by atoms with Crippen LogP contribution in [0.5, 0.6) is 0 Å². The molecule has 3 heterocycles. The molecule has 1 aliphatic heterocycles. The number of pyridine rings is 1. The maximum absolute atomic E-state index is 14.7. The number of aromatic nitrogens is 3. The highest BCUT2D eigenvalue weighted by Crippen LogP contribution is 2.30. The maximum atomic E-state index is 14.7. The minimum Gasteiger partial charge on any atom is -0.361 e. The third kappa shape index (κ3) is 4.59. The van der Waals surface area contributed by atoms with Crippen molar-refractivity contribution in [3.05, 3.63) is 57.8 Å². The molecule has 7 nitrogen and oxygen atoms in total. The zero-order valence-corrected chi connectivity index (χ0v) is 19.7. The van der Waals surface area contributed by atoms with Gasteiger partial charge in [-0.2, -0.15) is 5.10 Å². The summed E-state index contributed by atoms with van der Waals surface area (Å²) in [5.41, 5.74) is -0.847. The van der Waals surface area contributed by atoms with Crippen LogP contribution in [0.4, 0.5) is 24.8 Å². The van der Waals surface area contributed by atoms with E-state index in [4.69, 9.17) is 0 Å². The third-order valence-corrected chi connectivity index (χ3v) is 6.40. The SMILES string of the molecule is CC(C)N1CCN(c2cc3c(N[C@H](C)c4cccc(C(F)F)c4F)nn(C)c(=O)c3cn2)CC1. The number of rotatable bonds is 6. The first kappa shape index (κ1) is 24.0. The standard InChI is InChI=1S/C24H29F3N6O/c1-14(2)32-8-10-33(11-9-32)20-12-18-19(13-28-20)24(34)31(4)30-23(18)29-15(3)16-6-5-7-17(21(16)25)22(26)27/h5-7,12-15,22H,8-11H2,1-4H3,(H,29,30)/t15-/m1/s1. The molecule has 1 fully saturated rings. The lowest BCUT2D eigenvalue weighted by molar-refractivity contribution is 0.146. The van der Waals surface area contributed by atoms with Gasteiger partial charge in [-0.3, -0.25) is 9.69 Å². The first-order chi connectivity index (χ1) is 16.2. The largest absolute Gasteiger partial charge is 0.361 e. The second-order valence-corrected chi connectivity index (χ2v) is 8.90. The summed E-state index contributed by atoms with van der Waals surface area (Å²) in [5.74, 6) is 0.139. The zero-order valence-electron chi connectivity index (χ0n) is 19.7. The Labute approximate surface area is 196 Å². The molecule has 10 heteroatoms. The fraction of sp³-hybridized carbons (Fsp3) is 0.458. The molecule has 0 unspecified atom stereocenters. The van der Waals surface area contributed by atoms with Crippen molar-refractivity contribution in [1.82, 2.24) is 19.7 Å². The van der Waals surface area contributed by atoms with Gasteiger partial charge in [-0.15, -0.1) is 0 Å². The van der Waals surface area contributed by atoms with Crippen LogP contribution in [0, 0.1) is 5.82 Å². The molecular weight excluding hydrogens is 445 g/mol. The minimum atomic E-state index is -2.91. The Kier molecular flexibility index (Phi) is 6.79. The van der Waals surface area contributed by atoms with Crippen LogP contribution >= 0.6 is 0 Å². The predicted molar refractivity (Wildman–Crippen MR) is 127 cm³/mol. The van der Waals surface area contributed by atoms with Gasteiger partial charge in [0.05, 0.1) is 17.0 Å². The van der Waals surface area contributed by atoms with Gasteiger partial charge in [0, 0.05) is 56.4 Å². The van der Waals surface area contributed by atoms with Crippen LogP contribution in [0.15, 0.2) is 35.3 Å². The van der Waals surface area contributed by atoms with Gasteiger partial charge in [0.15, 0.2) is 5.82 Å². The summed E-state index contributed by atoms with van der Waals surface area (Å²) in [4.78, 5) is 21.8. The summed E-state index contributed by atoms with van der Waals surface area (Å²) in [7, 11) is 1.52. The average Bonchev–Trinajstić information content (AvgIpc) is 2.82. The molecule has 1 atom stereocenters. The summed E-state index contributed by atoms with van der Waals surface area (Å²) in [6.45, 7) is 9.44. The van der Waals surface area contributed by atoms with Crippen LogP contribution in [0.2, 0.25) is 0 Å². The predicted octanol–water partition coefficient (Wildman–Crippen LogP) is 4.11. The maximum Gasteiger partial charge on any atom is 0.276 e. The molecule has 0 bridgehead atoms. The van der Waals surface area contributed by atoms with Crippen molar-refractivity contribution in [2.75, 3.05) is 36.4 Å². The smallest absolute Gasteiger partial charge is 0.276 e. The van der Waals surface area contributed by atoms with Crippen molar-refractivity contribution in [2.24, 2.45) is 7.05 Å². The number of aryl methyl sites for hydroxylation is 1. The minimum absolute atomic E-state index is 0.0979. The number of fused-ring (bicyclic) bond motifs is 1. The quantitative estimate of drug-likeness (QED) is 0.580. The van der Waals surface area contributed by atoms with Gasteiger partial charge in [0.25, 0.3) is 12.0 Å². The fourth-order valence-electron chi connectivity index (χ4n) is 4.34. The van der Waals surface area contributed by atoms with Crippen LogP contribution in [0.25, 0.3) is 10.8 Å². The van der Waals surface area contributed by atoms with E-state index >= 15 is 0 Å². The molecule has 4 rings (SSSR count). The second kappa shape index (κ2) is 9.61. The third-order valence-electron chi connectivity index (χ3n) is 6.40. The van der Waals surface area contributed by atoms with Gasteiger partial charge >= 0.3 is 0 Å². The molecule has 182 valence electrons. The molecule has 0 aliphatic carbocycles. The molecular formula is C24H29F3N6O. The number of halogens is 3. The molecule has 34 heavy (non-hydrogen) atoms. The Bertz CT molecular complexity index is 1240. The molecule has 0 saturated carbocycles. The van der Waals surface area contributed by atoms with E-state index in [9.17, 15) is 18.0 Å². The second-order valence-electron chi connectivity index (χ2n) is 8.90. The van der Waals surface area contributed by atoms with Gasteiger partial charge in [-0.05, 0) is 26.8 Å². The van der Waals surface area contributed by atoms with E-state index in [2.05, 4.69) is 39.0 Å². The van der Waals surface area contributed by atoms with Crippen LogP contribution in [0.1, 0.15) is 44.4 Å². The molecule has 2 aromatic heterocycles. The van der Waals surface area contributed by atoms with Crippen molar-refractivity contribution in [3.63, 3.8) is 0 Å². The number of nitrogens with zero attached hydrogens (tertiary/aromatic N) is 5. The van der Waals surface area contributed by atoms with Crippen molar-refractivity contribution >= 4 is 22.4 Å². The molecule has 3 aromatic rings. The summed E-state index contributed by atoms with van der Waals surface area (Å²) in [6.07, 6.45) is -1.37. The number of nitrogens with one attached hydrogen (secondary N) is 1. The number of piperazine rings is 1. The summed E-state index contributed by atoms with van der Waals surface area (Å²) < 4.78 is 42.2. The number of hydrogen-bond donors (Lipinski definition) is 1. The first-order valence-electron chi connectivity index (χ1n) is 11.4. The Morgan fingerprint density at radius 2 is 1.71 bits per heavy atom. The van der Waals surface area contributed by atoms with E-state index in [1.54, 1.807) is 6.92 Å². The molecule has 1 aromatic carbocycles. The number of hydrogen-bond acceptors (Lipinski definition) is 6. The number of anilines is 2. The lowest BCUT2D eigenvalue weighted by atomic mass is 10.0. The summed E-state index contributed by atoms with van der Waals surface area (Å²) >= 11 is 0. The topological polar surface area (TPSA) is 66.3 Å². The number of alkyl halides is 2. The van der Waals surface area contributed by atoms with Crippen LogP contribution in [-0.2, 0) is 7.05 Å².